The van der Waals surface area contributed by atoms with E-state index in [0.29, 0.717) is 43.2 Å². The van der Waals surface area contributed by atoms with Crippen LogP contribution in [-0.2, 0) is 4.74 Å². The van der Waals surface area contributed by atoms with Crippen LogP contribution in [0.2, 0.25) is 5.02 Å². The van der Waals surface area contributed by atoms with Gasteiger partial charge in [-0.05, 0) is 30.3 Å². The highest BCUT2D eigenvalue weighted by molar-refractivity contribution is 6.35. The summed E-state index contributed by atoms with van der Waals surface area (Å²) in [5.74, 6) is -1.61. The fraction of sp³-hybridized carbons (Fsp3) is 0.211. The van der Waals surface area contributed by atoms with Crippen LogP contribution in [0.25, 0.3) is 11.0 Å². The molecule has 27 heavy (non-hydrogen) atoms. The van der Waals surface area contributed by atoms with Gasteiger partial charge in [0.1, 0.15) is 5.82 Å². The van der Waals surface area contributed by atoms with Crippen LogP contribution in [0, 0.1) is 5.82 Å². The van der Waals surface area contributed by atoms with Crippen LogP contribution in [0.15, 0.2) is 36.5 Å². The Morgan fingerprint density at radius 3 is 2.74 bits per heavy atom. The number of hydrogen-bond donors (Lipinski definition) is 1. The fourth-order valence-corrected chi connectivity index (χ4v) is 3.21. The zero-order chi connectivity index (χ0) is 19.0. The standard InChI is InChI=1S/C19H15ClFN3O3/c20-12-2-4-15(25)18(21)17(12)19(26)11-1-3-13-14(9-11)23-16(10-22-13)24-5-7-27-8-6-24/h1-4,9-10,25H,5-8H2. The predicted molar refractivity (Wildman–Crippen MR) is 99.1 cm³/mol. The maximum Gasteiger partial charge on any atom is 0.197 e. The molecule has 1 fully saturated rings. The van der Waals surface area contributed by atoms with E-state index in [-0.39, 0.29) is 16.1 Å². The van der Waals surface area contributed by atoms with E-state index in [4.69, 9.17) is 16.3 Å². The van der Waals surface area contributed by atoms with E-state index in [1.165, 1.54) is 12.1 Å². The quantitative estimate of drug-likeness (QED) is 0.695. The normalized spacial score (nSPS) is 14.5. The van der Waals surface area contributed by atoms with Crippen LogP contribution in [0.3, 0.4) is 0 Å². The van der Waals surface area contributed by atoms with E-state index in [2.05, 4.69) is 14.9 Å². The smallest absolute Gasteiger partial charge is 0.197 e. The topological polar surface area (TPSA) is 75.6 Å². The molecule has 0 saturated carbocycles. The van der Waals surface area contributed by atoms with Crippen molar-refractivity contribution in [2.24, 2.45) is 0 Å². The predicted octanol–water partition coefficient (Wildman–Crippen LogP) is 3.20. The lowest BCUT2D eigenvalue weighted by Gasteiger charge is -2.27. The van der Waals surface area contributed by atoms with Crippen LogP contribution < -0.4 is 4.90 Å². The van der Waals surface area contributed by atoms with Gasteiger partial charge in [-0.25, -0.2) is 9.37 Å². The summed E-state index contributed by atoms with van der Waals surface area (Å²) in [6.45, 7) is 2.66. The number of ketones is 1. The van der Waals surface area contributed by atoms with Crippen molar-refractivity contribution < 1.29 is 19.0 Å². The molecule has 3 aromatic rings. The van der Waals surface area contributed by atoms with Crippen molar-refractivity contribution in [3.8, 4) is 5.75 Å². The zero-order valence-electron chi connectivity index (χ0n) is 14.2. The van der Waals surface area contributed by atoms with Crippen molar-refractivity contribution >= 4 is 34.2 Å². The highest BCUT2D eigenvalue weighted by Gasteiger charge is 2.21. The lowest BCUT2D eigenvalue weighted by Crippen LogP contribution is -2.36. The van der Waals surface area contributed by atoms with E-state index in [1.807, 2.05) is 0 Å². The van der Waals surface area contributed by atoms with Gasteiger partial charge in [0, 0.05) is 18.7 Å². The fourth-order valence-electron chi connectivity index (χ4n) is 2.98. The minimum absolute atomic E-state index is 0.0662. The second-order valence-electron chi connectivity index (χ2n) is 6.12. The first-order valence-electron chi connectivity index (χ1n) is 8.36. The summed E-state index contributed by atoms with van der Waals surface area (Å²) in [5.41, 5.74) is 0.975. The molecule has 0 spiro atoms. The number of phenolic OH excluding ortho intramolecular Hbond substituents is 1. The first kappa shape index (κ1) is 17.6. The van der Waals surface area contributed by atoms with Gasteiger partial charge < -0.3 is 14.7 Å². The molecule has 0 unspecified atom stereocenters. The van der Waals surface area contributed by atoms with Gasteiger partial charge in [0.15, 0.2) is 17.3 Å². The number of aromatic nitrogens is 2. The molecule has 0 bridgehead atoms. The third-order valence-electron chi connectivity index (χ3n) is 4.42. The summed E-state index contributed by atoms with van der Waals surface area (Å²) in [6.07, 6.45) is 1.68. The Balaban J connectivity index is 1.74. The number of carbonyl (C=O) groups is 1. The highest BCUT2D eigenvalue weighted by atomic mass is 35.5. The largest absolute Gasteiger partial charge is 0.505 e. The average molecular weight is 388 g/mol. The van der Waals surface area contributed by atoms with Crippen molar-refractivity contribution in [1.29, 1.82) is 0 Å². The van der Waals surface area contributed by atoms with E-state index in [0.717, 1.165) is 6.07 Å². The average Bonchev–Trinajstić information content (AvgIpc) is 2.71. The molecule has 1 aromatic heterocycles. The summed E-state index contributed by atoms with van der Waals surface area (Å²) in [7, 11) is 0. The molecule has 0 aliphatic carbocycles. The second-order valence-corrected chi connectivity index (χ2v) is 6.52. The number of benzene rings is 2. The molecule has 0 radical (unpaired) electrons. The maximum absolute atomic E-state index is 14.2. The van der Waals surface area contributed by atoms with E-state index >= 15 is 0 Å². The first-order chi connectivity index (χ1) is 13.0. The Hall–Kier alpha value is -2.77. The third kappa shape index (κ3) is 3.31. The third-order valence-corrected chi connectivity index (χ3v) is 4.74. The summed E-state index contributed by atoms with van der Waals surface area (Å²) >= 11 is 5.97. The lowest BCUT2D eigenvalue weighted by molar-refractivity contribution is 0.103. The number of hydrogen-bond acceptors (Lipinski definition) is 6. The van der Waals surface area contributed by atoms with Crippen molar-refractivity contribution in [1.82, 2.24) is 9.97 Å². The molecule has 1 N–H and O–H groups in total. The first-order valence-corrected chi connectivity index (χ1v) is 8.73. The molecule has 2 heterocycles. The van der Waals surface area contributed by atoms with Crippen LogP contribution in [0.4, 0.5) is 10.2 Å². The van der Waals surface area contributed by atoms with Gasteiger partial charge in [0.2, 0.25) is 0 Å². The Morgan fingerprint density at radius 2 is 1.96 bits per heavy atom. The van der Waals surface area contributed by atoms with Crippen LogP contribution in [0.1, 0.15) is 15.9 Å². The van der Waals surface area contributed by atoms with Crippen LogP contribution in [0.5, 0.6) is 5.75 Å². The molecular formula is C19H15ClFN3O3. The van der Waals surface area contributed by atoms with Crippen molar-refractivity contribution in [2.75, 3.05) is 31.2 Å². The van der Waals surface area contributed by atoms with Crippen molar-refractivity contribution in [3.05, 3.63) is 58.5 Å². The molecule has 0 atom stereocenters. The number of anilines is 1. The SMILES string of the molecule is O=C(c1ccc2ncc(N3CCOCC3)nc2c1)c1c(Cl)ccc(O)c1F. The molecule has 4 rings (SSSR count). The summed E-state index contributed by atoms with van der Waals surface area (Å²) in [5, 5.41) is 9.48. The number of morpholine rings is 1. The Kier molecular flexibility index (Phi) is 4.63. The van der Waals surface area contributed by atoms with Gasteiger partial charge in [-0.1, -0.05) is 11.6 Å². The summed E-state index contributed by atoms with van der Waals surface area (Å²) < 4.78 is 19.6. The minimum atomic E-state index is -1.04. The van der Waals surface area contributed by atoms with E-state index < -0.39 is 17.3 Å². The molecule has 2 aromatic carbocycles. The summed E-state index contributed by atoms with van der Waals surface area (Å²) in [4.78, 5) is 23.8. The molecule has 0 amide bonds. The molecule has 1 saturated heterocycles. The lowest BCUT2D eigenvalue weighted by atomic mass is 10.0. The highest BCUT2D eigenvalue weighted by Crippen LogP contribution is 2.29. The molecule has 138 valence electrons. The van der Waals surface area contributed by atoms with Gasteiger partial charge in [-0.15, -0.1) is 0 Å². The van der Waals surface area contributed by atoms with Gasteiger partial charge in [-0.2, -0.15) is 0 Å². The number of fused-ring (bicyclic) bond motifs is 1. The number of aromatic hydroxyl groups is 1. The number of carbonyl (C=O) groups excluding carboxylic acids is 1. The van der Waals surface area contributed by atoms with Crippen molar-refractivity contribution in [3.63, 3.8) is 0 Å². The Labute approximate surface area is 159 Å². The Morgan fingerprint density at radius 1 is 1.19 bits per heavy atom. The number of halogens is 2. The zero-order valence-corrected chi connectivity index (χ0v) is 14.9. The number of phenols is 1. The number of ether oxygens (including phenoxy) is 1. The maximum atomic E-state index is 14.2. The summed E-state index contributed by atoms with van der Waals surface area (Å²) in [6, 6.07) is 7.12. The molecule has 1 aliphatic rings. The van der Waals surface area contributed by atoms with Gasteiger partial charge >= 0.3 is 0 Å². The Bertz CT molecular complexity index is 1040. The van der Waals surface area contributed by atoms with Crippen molar-refractivity contribution in [2.45, 2.75) is 0 Å². The van der Waals surface area contributed by atoms with E-state index in [1.54, 1.807) is 18.3 Å². The second kappa shape index (κ2) is 7.09. The monoisotopic (exact) mass is 387 g/mol. The van der Waals surface area contributed by atoms with Crippen LogP contribution >= 0.6 is 11.6 Å². The van der Waals surface area contributed by atoms with Crippen LogP contribution in [-0.4, -0.2) is 47.2 Å². The van der Waals surface area contributed by atoms with Gasteiger partial charge in [0.05, 0.1) is 41.0 Å². The van der Waals surface area contributed by atoms with Gasteiger partial charge in [-0.3, -0.25) is 9.78 Å². The van der Waals surface area contributed by atoms with E-state index in [9.17, 15) is 14.3 Å². The molecular weight excluding hydrogens is 373 g/mol. The minimum Gasteiger partial charge on any atom is -0.505 e. The molecule has 8 heteroatoms. The molecule has 6 nitrogen and oxygen atoms in total. The van der Waals surface area contributed by atoms with Gasteiger partial charge in [0.25, 0.3) is 0 Å². The molecule has 1 aliphatic heterocycles. The number of rotatable bonds is 3. The number of nitrogens with zero attached hydrogens (tertiary/aromatic N) is 3.